The number of nitrogens with zero attached hydrogens (tertiary/aromatic N) is 2. The van der Waals surface area contributed by atoms with E-state index in [0.717, 1.165) is 30.2 Å². The Morgan fingerprint density at radius 3 is 2.50 bits per heavy atom. The average molecular weight is 322 g/mol. The summed E-state index contributed by atoms with van der Waals surface area (Å²) < 4.78 is 13.1. The lowest BCUT2D eigenvalue weighted by molar-refractivity contribution is -0.136. The Kier molecular flexibility index (Phi) is 4.38. The summed E-state index contributed by atoms with van der Waals surface area (Å²) in [6.07, 6.45) is 0.237. The van der Waals surface area contributed by atoms with Crippen LogP contribution in [0, 0.1) is 11.7 Å². The minimum Gasteiger partial charge on any atom is -0.341 e. The summed E-state index contributed by atoms with van der Waals surface area (Å²) in [7, 11) is 1.72. The Labute approximate surface area is 133 Å². The Morgan fingerprint density at radius 2 is 1.86 bits per heavy atom. The van der Waals surface area contributed by atoms with Gasteiger partial charge in [0.15, 0.2) is 0 Å². The molecule has 2 fully saturated rings. The third-order valence-electron chi connectivity index (χ3n) is 4.44. The minimum atomic E-state index is -0.369. The van der Waals surface area contributed by atoms with Gasteiger partial charge in [-0.05, 0) is 17.7 Å². The van der Waals surface area contributed by atoms with Crippen LogP contribution >= 0.6 is 11.8 Å². The molecule has 2 amide bonds. The molecule has 0 aromatic heterocycles. The van der Waals surface area contributed by atoms with E-state index in [-0.39, 0.29) is 36.0 Å². The fourth-order valence-electron chi connectivity index (χ4n) is 3.23. The number of thioether (sulfide) groups is 1. The first-order valence-electron chi connectivity index (χ1n) is 7.45. The monoisotopic (exact) mass is 322 g/mol. The van der Waals surface area contributed by atoms with Crippen molar-refractivity contribution in [3.63, 3.8) is 0 Å². The van der Waals surface area contributed by atoms with Crippen molar-refractivity contribution in [2.75, 3.05) is 31.6 Å². The van der Waals surface area contributed by atoms with Gasteiger partial charge in [0.2, 0.25) is 11.8 Å². The number of hydrogen-bond donors (Lipinski definition) is 0. The molecule has 0 bridgehead atoms. The smallest absolute Gasteiger partial charge is 0.228 e. The quantitative estimate of drug-likeness (QED) is 0.835. The molecule has 2 saturated heterocycles. The maximum absolute atomic E-state index is 13.1. The first-order chi connectivity index (χ1) is 10.6. The first kappa shape index (κ1) is 15.3. The third-order valence-corrected chi connectivity index (χ3v) is 5.38. The molecular weight excluding hydrogens is 303 g/mol. The van der Waals surface area contributed by atoms with Gasteiger partial charge in [-0.1, -0.05) is 12.1 Å². The molecule has 6 heteroatoms. The van der Waals surface area contributed by atoms with Crippen molar-refractivity contribution < 1.29 is 14.0 Å². The van der Waals surface area contributed by atoms with Crippen molar-refractivity contribution in [3.05, 3.63) is 35.6 Å². The molecule has 2 atom stereocenters. The van der Waals surface area contributed by atoms with Crippen LogP contribution in [0.15, 0.2) is 24.3 Å². The van der Waals surface area contributed by atoms with Gasteiger partial charge in [0.1, 0.15) is 5.82 Å². The lowest BCUT2D eigenvalue weighted by atomic mass is 9.92. The highest BCUT2D eigenvalue weighted by atomic mass is 32.2. The van der Waals surface area contributed by atoms with E-state index in [9.17, 15) is 14.0 Å². The minimum absolute atomic E-state index is 0.0286. The Balaban J connectivity index is 1.86. The van der Waals surface area contributed by atoms with Gasteiger partial charge >= 0.3 is 0 Å². The zero-order chi connectivity index (χ0) is 15.7. The van der Waals surface area contributed by atoms with E-state index < -0.39 is 0 Å². The van der Waals surface area contributed by atoms with Crippen LogP contribution in [0.5, 0.6) is 0 Å². The van der Waals surface area contributed by atoms with Crippen LogP contribution < -0.4 is 0 Å². The van der Waals surface area contributed by atoms with Crippen LogP contribution in [0.1, 0.15) is 18.0 Å². The van der Waals surface area contributed by atoms with Crippen LogP contribution in [0.2, 0.25) is 0 Å². The first-order valence-corrected chi connectivity index (χ1v) is 8.61. The van der Waals surface area contributed by atoms with E-state index in [1.807, 2.05) is 16.7 Å². The second kappa shape index (κ2) is 6.28. The maximum Gasteiger partial charge on any atom is 0.228 e. The lowest BCUT2D eigenvalue weighted by Crippen LogP contribution is -2.42. The van der Waals surface area contributed by atoms with Gasteiger partial charge in [-0.2, -0.15) is 11.8 Å². The summed E-state index contributed by atoms with van der Waals surface area (Å²) >= 11 is 1.85. The van der Waals surface area contributed by atoms with Crippen molar-refractivity contribution in [2.24, 2.45) is 5.92 Å². The molecule has 0 unspecified atom stereocenters. The summed E-state index contributed by atoms with van der Waals surface area (Å²) in [5.74, 6) is 1.23. The largest absolute Gasteiger partial charge is 0.341 e. The molecule has 22 heavy (non-hydrogen) atoms. The molecule has 0 spiro atoms. The number of rotatable bonds is 2. The summed E-state index contributed by atoms with van der Waals surface area (Å²) in [4.78, 5) is 28.4. The molecule has 0 saturated carbocycles. The number of amides is 2. The number of likely N-dealkylation sites (tertiary alicyclic amines) is 1. The van der Waals surface area contributed by atoms with Crippen LogP contribution in [0.4, 0.5) is 4.39 Å². The molecule has 2 aliphatic heterocycles. The van der Waals surface area contributed by atoms with E-state index in [0.29, 0.717) is 0 Å². The number of carbonyl (C=O) groups excluding carboxylic acids is 2. The molecule has 0 radical (unpaired) electrons. The summed E-state index contributed by atoms with van der Waals surface area (Å²) in [6, 6.07) is 5.80. The zero-order valence-electron chi connectivity index (χ0n) is 12.5. The number of carbonyl (C=O) groups is 2. The summed E-state index contributed by atoms with van der Waals surface area (Å²) in [5.41, 5.74) is 0.819. The van der Waals surface area contributed by atoms with Gasteiger partial charge in [-0.3, -0.25) is 9.59 Å². The molecule has 0 N–H and O–H groups in total. The third kappa shape index (κ3) is 2.84. The number of benzene rings is 1. The lowest BCUT2D eigenvalue weighted by Gasteiger charge is -2.32. The highest BCUT2D eigenvalue weighted by Crippen LogP contribution is 2.38. The van der Waals surface area contributed by atoms with Crippen molar-refractivity contribution in [3.8, 4) is 0 Å². The van der Waals surface area contributed by atoms with Gasteiger partial charge in [0.05, 0.1) is 12.0 Å². The molecular formula is C16H19FN2O2S. The predicted molar refractivity (Wildman–Crippen MR) is 83.9 cm³/mol. The van der Waals surface area contributed by atoms with Crippen molar-refractivity contribution in [2.45, 2.75) is 12.5 Å². The standard InChI is InChI=1S/C16H19FN2O2S/c1-18-14(20)10-13(16(21)19-6-8-22-9-7-19)15(18)11-2-4-12(17)5-3-11/h2-5,13,15H,6-10H2,1H3/t13-,15+/m1/s1. The summed E-state index contributed by atoms with van der Waals surface area (Å²) in [6.45, 7) is 1.49. The normalized spacial score (nSPS) is 25.6. The van der Waals surface area contributed by atoms with Gasteiger partial charge in [-0.25, -0.2) is 4.39 Å². The molecule has 1 aromatic rings. The van der Waals surface area contributed by atoms with Crippen LogP contribution in [-0.2, 0) is 9.59 Å². The molecule has 1 aromatic carbocycles. The SMILES string of the molecule is CN1C(=O)C[C@@H](C(=O)N2CCSCC2)[C@@H]1c1ccc(F)cc1. The van der Waals surface area contributed by atoms with Crippen LogP contribution in [0.3, 0.4) is 0 Å². The predicted octanol–water partition coefficient (Wildman–Crippen LogP) is 1.92. The fraction of sp³-hybridized carbons (Fsp3) is 0.500. The van der Waals surface area contributed by atoms with E-state index in [2.05, 4.69) is 0 Å². The number of hydrogen-bond acceptors (Lipinski definition) is 3. The second-order valence-electron chi connectivity index (χ2n) is 5.75. The van der Waals surface area contributed by atoms with E-state index in [1.54, 1.807) is 24.1 Å². The molecule has 3 rings (SSSR count). The van der Waals surface area contributed by atoms with Crippen LogP contribution in [0.25, 0.3) is 0 Å². The maximum atomic E-state index is 13.1. The molecule has 0 aliphatic carbocycles. The highest BCUT2D eigenvalue weighted by Gasteiger charge is 2.44. The van der Waals surface area contributed by atoms with Crippen molar-refractivity contribution in [1.29, 1.82) is 0 Å². The topological polar surface area (TPSA) is 40.6 Å². The Bertz CT molecular complexity index is 572. The summed E-state index contributed by atoms with van der Waals surface area (Å²) in [5, 5.41) is 0. The van der Waals surface area contributed by atoms with E-state index >= 15 is 0 Å². The van der Waals surface area contributed by atoms with Gasteiger partial charge in [-0.15, -0.1) is 0 Å². The zero-order valence-corrected chi connectivity index (χ0v) is 13.3. The van der Waals surface area contributed by atoms with E-state index in [1.165, 1.54) is 12.1 Å². The molecule has 4 nitrogen and oxygen atoms in total. The van der Waals surface area contributed by atoms with Gasteiger partial charge < -0.3 is 9.80 Å². The van der Waals surface area contributed by atoms with Crippen molar-refractivity contribution in [1.82, 2.24) is 9.80 Å². The Hall–Kier alpha value is -1.56. The average Bonchev–Trinajstić information content (AvgIpc) is 2.84. The fourth-order valence-corrected chi connectivity index (χ4v) is 4.13. The number of halogens is 1. The second-order valence-corrected chi connectivity index (χ2v) is 6.97. The molecule has 2 aliphatic rings. The molecule has 118 valence electrons. The Morgan fingerprint density at radius 1 is 1.23 bits per heavy atom. The van der Waals surface area contributed by atoms with Crippen LogP contribution in [-0.4, -0.2) is 53.3 Å². The van der Waals surface area contributed by atoms with E-state index in [4.69, 9.17) is 0 Å². The van der Waals surface area contributed by atoms with Crippen molar-refractivity contribution >= 4 is 23.6 Å². The van der Waals surface area contributed by atoms with Gasteiger partial charge in [0, 0.05) is 38.1 Å². The van der Waals surface area contributed by atoms with Gasteiger partial charge in [0.25, 0.3) is 0 Å². The molecule has 2 heterocycles. The highest BCUT2D eigenvalue weighted by molar-refractivity contribution is 7.99.